The summed E-state index contributed by atoms with van der Waals surface area (Å²) < 4.78 is 1.92. The van der Waals surface area contributed by atoms with Crippen LogP contribution in [0, 0.1) is 0 Å². The lowest BCUT2D eigenvalue weighted by Crippen LogP contribution is -2.19. The van der Waals surface area contributed by atoms with Crippen LogP contribution in [-0.2, 0) is 13.6 Å². The summed E-state index contributed by atoms with van der Waals surface area (Å²) in [5, 5.41) is 13.4. The molecule has 0 amide bonds. The van der Waals surface area contributed by atoms with E-state index in [0.29, 0.717) is 6.04 Å². The number of rotatable bonds is 4. The molecule has 0 spiro atoms. The number of aromatic nitrogens is 3. The zero-order valence-corrected chi connectivity index (χ0v) is 9.66. The van der Waals surface area contributed by atoms with E-state index in [-0.39, 0.29) is 0 Å². The van der Waals surface area contributed by atoms with Gasteiger partial charge in [0.1, 0.15) is 12.2 Å². The Kier molecular flexibility index (Phi) is 3.13. The predicted octanol–water partition coefficient (Wildman–Crippen LogP) is 1.73. The number of nitrogens with one attached hydrogen (secondary N) is 1. The summed E-state index contributed by atoms with van der Waals surface area (Å²) in [6.45, 7) is 2.90. The monoisotopic (exact) mass is 222 g/mol. The SMILES string of the molecule is CC(NCc1nncn1C)c1cccs1. The fourth-order valence-corrected chi connectivity index (χ4v) is 2.11. The van der Waals surface area contributed by atoms with Gasteiger partial charge in [0.05, 0.1) is 6.54 Å². The highest BCUT2D eigenvalue weighted by molar-refractivity contribution is 7.10. The van der Waals surface area contributed by atoms with Crippen molar-refractivity contribution in [2.24, 2.45) is 7.05 Å². The first-order chi connectivity index (χ1) is 7.27. The van der Waals surface area contributed by atoms with Crippen LogP contribution in [0.5, 0.6) is 0 Å². The molecule has 5 heteroatoms. The third kappa shape index (κ3) is 2.43. The maximum absolute atomic E-state index is 4.02. The standard InChI is InChI=1S/C10H14N4S/c1-8(9-4-3-5-15-9)11-6-10-13-12-7-14(10)2/h3-5,7-8,11H,6H2,1-2H3. The normalized spacial score (nSPS) is 12.9. The molecule has 0 aromatic carbocycles. The Morgan fingerprint density at radius 1 is 1.60 bits per heavy atom. The van der Waals surface area contributed by atoms with Gasteiger partial charge in [0.25, 0.3) is 0 Å². The molecule has 2 rings (SSSR count). The molecule has 0 bridgehead atoms. The van der Waals surface area contributed by atoms with Gasteiger partial charge in [-0.2, -0.15) is 0 Å². The highest BCUT2D eigenvalue weighted by Gasteiger charge is 2.07. The van der Waals surface area contributed by atoms with Crippen molar-refractivity contribution < 1.29 is 0 Å². The average Bonchev–Trinajstić information content (AvgIpc) is 2.85. The number of thiophene rings is 1. The first kappa shape index (κ1) is 10.3. The van der Waals surface area contributed by atoms with E-state index in [1.807, 2.05) is 11.6 Å². The van der Waals surface area contributed by atoms with E-state index in [1.165, 1.54) is 4.88 Å². The van der Waals surface area contributed by atoms with E-state index < -0.39 is 0 Å². The van der Waals surface area contributed by atoms with E-state index in [0.717, 1.165) is 12.4 Å². The summed E-state index contributed by atoms with van der Waals surface area (Å²) in [4.78, 5) is 1.34. The molecule has 1 atom stereocenters. The smallest absolute Gasteiger partial charge is 0.146 e. The van der Waals surface area contributed by atoms with Crippen LogP contribution in [0.4, 0.5) is 0 Å². The molecule has 0 saturated carbocycles. The molecule has 1 N–H and O–H groups in total. The minimum atomic E-state index is 0.363. The molecule has 15 heavy (non-hydrogen) atoms. The highest BCUT2D eigenvalue weighted by Crippen LogP contribution is 2.18. The molecular formula is C10H14N4S. The van der Waals surface area contributed by atoms with Crippen molar-refractivity contribution in [1.82, 2.24) is 20.1 Å². The summed E-state index contributed by atoms with van der Waals surface area (Å²) in [6.07, 6.45) is 1.72. The average molecular weight is 222 g/mol. The Morgan fingerprint density at radius 2 is 2.47 bits per heavy atom. The Balaban J connectivity index is 1.91. The van der Waals surface area contributed by atoms with Gasteiger partial charge in [0.2, 0.25) is 0 Å². The topological polar surface area (TPSA) is 42.7 Å². The van der Waals surface area contributed by atoms with Crippen LogP contribution in [0.25, 0.3) is 0 Å². The fourth-order valence-electron chi connectivity index (χ4n) is 1.35. The third-order valence-electron chi connectivity index (χ3n) is 2.34. The maximum atomic E-state index is 4.02. The van der Waals surface area contributed by atoms with Gasteiger partial charge in [-0.25, -0.2) is 0 Å². The Labute approximate surface area is 93.0 Å². The predicted molar refractivity (Wildman–Crippen MR) is 60.6 cm³/mol. The molecule has 2 aromatic heterocycles. The summed E-state index contributed by atoms with van der Waals surface area (Å²) in [6, 6.07) is 4.57. The molecule has 2 heterocycles. The highest BCUT2D eigenvalue weighted by atomic mass is 32.1. The number of aryl methyl sites for hydroxylation is 1. The van der Waals surface area contributed by atoms with Gasteiger partial charge in [-0.1, -0.05) is 6.07 Å². The van der Waals surface area contributed by atoms with Crippen LogP contribution in [0.2, 0.25) is 0 Å². The zero-order chi connectivity index (χ0) is 10.7. The molecule has 0 aliphatic rings. The van der Waals surface area contributed by atoms with Crippen LogP contribution in [0.1, 0.15) is 23.7 Å². The summed E-state index contributed by atoms with van der Waals surface area (Å²) in [5.74, 6) is 0.957. The molecule has 0 aliphatic heterocycles. The molecule has 4 nitrogen and oxygen atoms in total. The second kappa shape index (κ2) is 4.55. The third-order valence-corrected chi connectivity index (χ3v) is 3.40. The van der Waals surface area contributed by atoms with E-state index >= 15 is 0 Å². The van der Waals surface area contributed by atoms with Crippen molar-refractivity contribution >= 4 is 11.3 Å². The summed E-state index contributed by atoms with van der Waals surface area (Å²) in [7, 11) is 1.95. The van der Waals surface area contributed by atoms with Crippen molar-refractivity contribution in [2.45, 2.75) is 19.5 Å². The fraction of sp³-hybridized carbons (Fsp3) is 0.400. The van der Waals surface area contributed by atoms with Crippen molar-refractivity contribution in [2.75, 3.05) is 0 Å². The van der Waals surface area contributed by atoms with E-state index in [1.54, 1.807) is 17.7 Å². The van der Waals surface area contributed by atoms with Crippen molar-refractivity contribution in [3.8, 4) is 0 Å². The summed E-state index contributed by atoms with van der Waals surface area (Å²) in [5.41, 5.74) is 0. The molecule has 80 valence electrons. The van der Waals surface area contributed by atoms with E-state index in [2.05, 4.69) is 40.0 Å². The molecule has 0 fully saturated rings. The second-order valence-corrected chi connectivity index (χ2v) is 4.46. The van der Waals surface area contributed by atoms with E-state index in [4.69, 9.17) is 0 Å². The Hall–Kier alpha value is -1.20. The van der Waals surface area contributed by atoms with Crippen molar-refractivity contribution in [1.29, 1.82) is 0 Å². The Bertz CT molecular complexity index is 407. The van der Waals surface area contributed by atoms with Gasteiger partial charge in [-0.15, -0.1) is 21.5 Å². The number of hydrogen-bond acceptors (Lipinski definition) is 4. The second-order valence-electron chi connectivity index (χ2n) is 3.48. The van der Waals surface area contributed by atoms with Crippen molar-refractivity contribution in [3.05, 3.63) is 34.5 Å². The van der Waals surface area contributed by atoms with Crippen LogP contribution in [-0.4, -0.2) is 14.8 Å². The molecular weight excluding hydrogens is 208 g/mol. The largest absolute Gasteiger partial charge is 0.320 e. The van der Waals surface area contributed by atoms with Gasteiger partial charge < -0.3 is 9.88 Å². The molecule has 1 unspecified atom stereocenters. The summed E-state index contributed by atoms with van der Waals surface area (Å²) >= 11 is 1.77. The van der Waals surface area contributed by atoms with Crippen LogP contribution in [0.3, 0.4) is 0 Å². The molecule has 0 saturated heterocycles. The van der Waals surface area contributed by atoms with Crippen LogP contribution >= 0.6 is 11.3 Å². The van der Waals surface area contributed by atoms with Gasteiger partial charge in [-0.05, 0) is 18.4 Å². The first-order valence-corrected chi connectivity index (χ1v) is 5.75. The van der Waals surface area contributed by atoms with Crippen LogP contribution in [0.15, 0.2) is 23.8 Å². The quantitative estimate of drug-likeness (QED) is 0.856. The van der Waals surface area contributed by atoms with Gasteiger partial charge >= 0.3 is 0 Å². The lowest BCUT2D eigenvalue weighted by Gasteiger charge is -2.11. The van der Waals surface area contributed by atoms with Gasteiger partial charge in [-0.3, -0.25) is 0 Å². The molecule has 2 aromatic rings. The number of hydrogen-bond donors (Lipinski definition) is 1. The van der Waals surface area contributed by atoms with Gasteiger partial charge in [0, 0.05) is 18.0 Å². The molecule has 0 radical (unpaired) electrons. The number of nitrogens with zero attached hydrogens (tertiary/aromatic N) is 3. The minimum Gasteiger partial charge on any atom is -0.320 e. The van der Waals surface area contributed by atoms with Crippen LogP contribution < -0.4 is 5.32 Å². The van der Waals surface area contributed by atoms with Crippen molar-refractivity contribution in [3.63, 3.8) is 0 Å². The molecule has 0 aliphatic carbocycles. The minimum absolute atomic E-state index is 0.363. The maximum Gasteiger partial charge on any atom is 0.146 e. The van der Waals surface area contributed by atoms with E-state index in [9.17, 15) is 0 Å². The zero-order valence-electron chi connectivity index (χ0n) is 8.84. The lowest BCUT2D eigenvalue weighted by molar-refractivity contribution is 0.555. The van der Waals surface area contributed by atoms with Gasteiger partial charge in [0.15, 0.2) is 0 Å². The first-order valence-electron chi connectivity index (χ1n) is 4.87. The lowest BCUT2D eigenvalue weighted by atomic mass is 10.3. The Morgan fingerprint density at radius 3 is 3.07 bits per heavy atom.